The predicted octanol–water partition coefficient (Wildman–Crippen LogP) is 8.79. The SMILES string of the molecule is CC(C)(C)c1cc(-c2cc(C(C)(C)C)ccn2)[c-]c(-c2cccc3sc(-c4ccccc4O)nc23)c1.[Pt]. The van der Waals surface area contributed by atoms with Gasteiger partial charge in [-0.25, -0.2) is 4.98 Å². The van der Waals surface area contributed by atoms with Gasteiger partial charge in [-0.15, -0.1) is 40.7 Å². The molecule has 5 heteroatoms. The number of nitrogens with zero attached hydrogens (tertiary/aromatic N) is 2. The number of thiazole rings is 1. The smallest absolute Gasteiger partial charge is 0.127 e. The number of rotatable bonds is 3. The molecule has 0 aliphatic carbocycles. The van der Waals surface area contributed by atoms with Crippen LogP contribution in [0.15, 0.2) is 72.9 Å². The van der Waals surface area contributed by atoms with Gasteiger partial charge in [-0.05, 0) is 40.7 Å². The van der Waals surface area contributed by atoms with E-state index >= 15 is 0 Å². The van der Waals surface area contributed by atoms with Crippen LogP contribution in [0.1, 0.15) is 52.7 Å². The first kappa shape index (κ1) is 27.2. The molecule has 0 spiro atoms. The fourth-order valence-electron chi connectivity index (χ4n) is 4.27. The Balaban J connectivity index is 0.00000320. The first-order chi connectivity index (χ1) is 17.0. The molecule has 3 nitrogen and oxygen atoms in total. The van der Waals surface area contributed by atoms with E-state index in [4.69, 9.17) is 9.97 Å². The second-order valence-electron chi connectivity index (χ2n) is 11.3. The van der Waals surface area contributed by atoms with Crippen LogP contribution in [0, 0.1) is 6.07 Å². The van der Waals surface area contributed by atoms with Crippen LogP contribution < -0.4 is 0 Å². The van der Waals surface area contributed by atoms with Crippen molar-refractivity contribution >= 4 is 21.6 Å². The van der Waals surface area contributed by atoms with Crippen molar-refractivity contribution in [2.24, 2.45) is 0 Å². The second-order valence-corrected chi connectivity index (χ2v) is 12.3. The minimum Gasteiger partial charge on any atom is -0.507 e. The maximum atomic E-state index is 10.4. The summed E-state index contributed by atoms with van der Waals surface area (Å²) in [4.78, 5) is 9.71. The van der Waals surface area contributed by atoms with E-state index in [1.807, 2.05) is 24.4 Å². The average molecular weight is 687 g/mol. The van der Waals surface area contributed by atoms with Crippen LogP contribution in [-0.2, 0) is 31.9 Å². The molecule has 0 aliphatic rings. The molecule has 192 valence electrons. The molecular formula is C32H31N2OPtS-. The molecule has 0 saturated carbocycles. The van der Waals surface area contributed by atoms with Gasteiger partial charge in [-0.2, -0.15) is 0 Å². The Bertz CT molecular complexity index is 1570. The molecule has 0 fully saturated rings. The van der Waals surface area contributed by atoms with Crippen LogP contribution in [0.5, 0.6) is 5.75 Å². The number of hydrogen-bond acceptors (Lipinski definition) is 4. The molecule has 0 radical (unpaired) electrons. The molecule has 0 atom stereocenters. The minimum atomic E-state index is -0.0444. The Hall–Kier alpha value is -2.81. The van der Waals surface area contributed by atoms with E-state index in [0.717, 1.165) is 43.2 Å². The van der Waals surface area contributed by atoms with Crippen molar-refractivity contribution in [3.8, 4) is 38.7 Å². The molecule has 0 aliphatic heterocycles. The largest absolute Gasteiger partial charge is 0.507 e. The minimum absolute atomic E-state index is 0. The van der Waals surface area contributed by atoms with E-state index in [9.17, 15) is 5.11 Å². The van der Waals surface area contributed by atoms with Crippen molar-refractivity contribution in [1.29, 1.82) is 0 Å². The molecule has 0 bridgehead atoms. The summed E-state index contributed by atoms with van der Waals surface area (Å²) in [7, 11) is 0. The van der Waals surface area contributed by atoms with Crippen LogP contribution in [0.3, 0.4) is 0 Å². The molecular weight excluding hydrogens is 656 g/mol. The van der Waals surface area contributed by atoms with Crippen LogP contribution in [0.4, 0.5) is 0 Å². The Kier molecular flexibility index (Phi) is 7.47. The maximum absolute atomic E-state index is 10.4. The number of para-hydroxylation sites is 2. The molecule has 3 aromatic carbocycles. The summed E-state index contributed by atoms with van der Waals surface area (Å²) in [6.07, 6.45) is 1.90. The summed E-state index contributed by atoms with van der Waals surface area (Å²) in [6.45, 7) is 13.4. The molecule has 1 N–H and O–H groups in total. The zero-order chi connectivity index (χ0) is 25.7. The van der Waals surface area contributed by atoms with Crippen molar-refractivity contribution in [1.82, 2.24) is 9.97 Å². The van der Waals surface area contributed by atoms with Crippen molar-refractivity contribution < 1.29 is 26.2 Å². The first-order valence-corrected chi connectivity index (χ1v) is 13.1. The van der Waals surface area contributed by atoms with E-state index in [1.54, 1.807) is 17.4 Å². The average Bonchev–Trinajstić information content (AvgIpc) is 3.27. The van der Waals surface area contributed by atoms with Gasteiger partial charge in [-0.3, -0.25) is 4.98 Å². The van der Waals surface area contributed by atoms with E-state index in [0.29, 0.717) is 0 Å². The van der Waals surface area contributed by atoms with Crippen LogP contribution in [-0.4, -0.2) is 15.1 Å². The third-order valence-corrected chi connectivity index (χ3v) is 7.53. The topological polar surface area (TPSA) is 46.0 Å². The molecule has 0 saturated heterocycles. The number of fused-ring (bicyclic) bond motifs is 1. The number of pyridine rings is 1. The van der Waals surface area contributed by atoms with E-state index in [2.05, 4.69) is 90.1 Å². The number of aromatic nitrogens is 2. The van der Waals surface area contributed by atoms with E-state index in [1.165, 1.54) is 11.1 Å². The standard InChI is InChI=1S/C32H31N2OS.Pt/c1-31(2,3)22-14-15-33-26(19-22)21-16-20(17-23(18-21)32(4,5)6)24-11-9-13-28-29(24)34-30(36-28)25-10-7-8-12-27(25)35;/h7-15,17-19,35H,1-6H3;/q-1;. The number of phenols is 1. The van der Waals surface area contributed by atoms with Gasteiger partial charge >= 0.3 is 0 Å². The van der Waals surface area contributed by atoms with Gasteiger partial charge in [0.05, 0.1) is 11.1 Å². The van der Waals surface area contributed by atoms with Gasteiger partial charge in [0.2, 0.25) is 0 Å². The third kappa shape index (κ3) is 5.56. The van der Waals surface area contributed by atoms with Crippen LogP contribution in [0.25, 0.3) is 43.2 Å². The normalized spacial score (nSPS) is 11.9. The molecule has 0 amide bonds. The summed E-state index contributed by atoms with van der Waals surface area (Å²) in [6, 6.07) is 26.0. The zero-order valence-corrected chi connectivity index (χ0v) is 25.1. The van der Waals surface area contributed by atoms with Crippen LogP contribution >= 0.6 is 11.3 Å². The summed E-state index contributed by atoms with van der Waals surface area (Å²) in [5, 5.41) is 11.2. The van der Waals surface area contributed by atoms with Gasteiger partial charge in [-0.1, -0.05) is 83.0 Å². The monoisotopic (exact) mass is 686 g/mol. The molecule has 5 aromatic rings. The Morgan fingerprint density at radius 3 is 2.14 bits per heavy atom. The maximum Gasteiger partial charge on any atom is 0.127 e. The summed E-state index contributed by atoms with van der Waals surface area (Å²) in [5.41, 5.74) is 8.08. The van der Waals surface area contributed by atoms with Crippen LogP contribution in [0.2, 0.25) is 0 Å². The van der Waals surface area contributed by atoms with Crippen molar-refractivity contribution in [3.63, 3.8) is 0 Å². The van der Waals surface area contributed by atoms with E-state index < -0.39 is 0 Å². The molecule has 0 unspecified atom stereocenters. The van der Waals surface area contributed by atoms with E-state index in [-0.39, 0.29) is 37.6 Å². The van der Waals surface area contributed by atoms with Gasteiger partial charge in [0, 0.05) is 37.7 Å². The van der Waals surface area contributed by atoms with Crippen molar-refractivity contribution in [2.45, 2.75) is 52.4 Å². The van der Waals surface area contributed by atoms with Gasteiger partial charge in [0.1, 0.15) is 10.8 Å². The fraction of sp³-hybridized carbons (Fsp3) is 0.250. The van der Waals surface area contributed by atoms with Gasteiger partial charge in [0.15, 0.2) is 0 Å². The second kappa shape index (κ2) is 10.2. The predicted molar refractivity (Wildman–Crippen MR) is 152 cm³/mol. The Morgan fingerprint density at radius 2 is 1.43 bits per heavy atom. The molecule has 37 heavy (non-hydrogen) atoms. The van der Waals surface area contributed by atoms with Gasteiger partial charge in [0.25, 0.3) is 0 Å². The Labute approximate surface area is 237 Å². The number of hydrogen-bond donors (Lipinski definition) is 1. The Morgan fingerprint density at radius 1 is 0.757 bits per heavy atom. The zero-order valence-electron chi connectivity index (χ0n) is 22.0. The number of aromatic hydroxyl groups is 1. The number of benzene rings is 3. The summed E-state index contributed by atoms with van der Waals surface area (Å²) >= 11 is 1.59. The molecule has 2 heterocycles. The molecule has 2 aromatic heterocycles. The fourth-order valence-corrected chi connectivity index (χ4v) is 5.29. The third-order valence-electron chi connectivity index (χ3n) is 6.48. The molecule has 5 rings (SSSR count). The quantitative estimate of drug-likeness (QED) is 0.193. The van der Waals surface area contributed by atoms with Gasteiger partial charge < -0.3 is 5.11 Å². The summed E-state index contributed by atoms with van der Waals surface area (Å²) in [5.74, 6) is 0.242. The summed E-state index contributed by atoms with van der Waals surface area (Å²) < 4.78 is 1.08. The van der Waals surface area contributed by atoms with Crippen molar-refractivity contribution in [3.05, 3.63) is 90.1 Å². The first-order valence-electron chi connectivity index (χ1n) is 12.2. The number of phenolic OH excluding ortho intramolecular Hbond substituents is 1. The van der Waals surface area contributed by atoms with Crippen molar-refractivity contribution in [2.75, 3.05) is 0 Å².